The Bertz CT molecular complexity index is 323. The van der Waals surface area contributed by atoms with Gasteiger partial charge in [-0.3, -0.25) is 9.79 Å². The minimum Gasteiger partial charge on any atom is -0.469 e. The monoisotopic (exact) mass is 427 g/mol. The standard InChI is InChI=1S/C15H29N3O3.HI/c1-16-15(17-9-4-3-6-14(19)20-2)18-10-5-11-21-12-13-7-8-13;/h13H,3-12H2,1-2H3,(H2,16,17,18);1H. The van der Waals surface area contributed by atoms with E-state index in [1.54, 1.807) is 7.05 Å². The maximum atomic E-state index is 10.9. The maximum Gasteiger partial charge on any atom is 0.305 e. The fourth-order valence-electron chi connectivity index (χ4n) is 1.84. The van der Waals surface area contributed by atoms with Gasteiger partial charge in [0.25, 0.3) is 0 Å². The fraction of sp³-hybridized carbons (Fsp3) is 0.867. The molecule has 6 nitrogen and oxygen atoms in total. The van der Waals surface area contributed by atoms with Crippen molar-refractivity contribution in [3.8, 4) is 0 Å². The first-order valence-corrected chi connectivity index (χ1v) is 7.85. The quantitative estimate of drug-likeness (QED) is 0.173. The molecule has 0 amide bonds. The molecule has 0 unspecified atom stereocenters. The van der Waals surface area contributed by atoms with Crippen molar-refractivity contribution < 1.29 is 14.3 Å². The summed E-state index contributed by atoms with van der Waals surface area (Å²) in [5.74, 6) is 1.48. The summed E-state index contributed by atoms with van der Waals surface area (Å²) in [5, 5.41) is 6.48. The number of nitrogens with zero attached hydrogens (tertiary/aromatic N) is 1. The SMILES string of the molecule is CN=C(NCCCCC(=O)OC)NCCCOCC1CC1.I. The van der Waals surface area contributed by atoms with Crippen molar-refractivity contribution >= 4 is 35.9 Å². The van der Waals surface area contributed by atoms with Crippen LogP contribution in [0.3, 0.4) is 0 Å². The highest BCUT2D eigenvalue weighted by Gasteiger charge is 2.20. The molecule has 0 aromatic rings. The molecule has 0 saturated heterocycles. The number of methoxy groups -OCH3 is 1. The van der Waals surface area contributed by atoms with E-state index in [4.69, 9.17) is 4.74 Å². The van der Waals surface area contributed by atoms with Crippen LogP contribution in [0.2, 0.25) is 0 Å². The number of hydrogen-bond donors (Lipinski definition) is 2. The first-order valence-electron chi connectivity index (χ1n) is 7.85. The molecular formula is C15H30IN3O3. The van der Waals surface area contributed by atoms with E-state index in [0.29, 0.717) is 6.42 Å². The van der Waals surface area contributed by atoms with E-state index in [9.17, 15) is 4.79 Å². The summed E-state index contributed by atoms with van der Waals surface area (Å²) in [4.78, 5) is 15.1. The number of carbonyl (C=O) groups excluding carboxylic acids is 1. The van der Waals surface area contributed by atoms with Gasteiger partial charge in [-0.15, -0.1) is 24.0 Å². The Morgan fingerprint density at radius 2 is 1.86 bits per heavy atom. The third-order valence-corrected chi connectivity index (χ3v) is 3.36. The van der Waals surface area contributed by atoms with Crippen molar-refractivity contribution in [2.75, 3.05) is 40.5 Å². The number of hydrogen-bond acceptors (Lipinski definition) is 4. The van der Waals surface area contributed by atoms with Gasteiger partial charge in [0.2, 0.25) is 0 Å². The van der Waals surface area contributed by atoms with E-state index in [1.807, 2.05) is 0 Å². The molecule has 0 radical (unpaired) electrons. The number of ether oxygens (including phenoxy) is 2. The topological polar surface area (TPSA) is 72.0 Å². The van der Waals surface area contributed by atoms with Crippen LogP contribution < -0.4 is 10.6 Å². The Labute approximate surface area is 150 Å². The van der Waals surface area contributed by atoms with E-state index >= 15 is 0 Å². The summed E-state index contributed by atoms with van der Waals surface area (Å²) in [7, 11) is 3.17. The number of halogens is 1. The average Bonchev–Trinajstić information content (AvgIpc) is 3.32. The molecule has 0 heterocycles. The molecule has 1 saturated carbocycles. The van der Waals surface area contributed by atoms with Crippen LogP contribution in [0.25, 0.3) is 0 Å². The van der Waals surface area contributed by atoms with E-state index in [0.717, 1.165) is 57.4 Å². The fourth-order valence-corrected chi connectivity index (χ4v) is 1.84. The smallest absolute Gasteiger partial charge is 0.305 e. The summed E-state index contributed by atoms with van der Waals surface area (Å²) in [6.07, 6.45) is 5.87. The van der Waals surface area contributed by atoms with Crippen molar-refractivity contribution in [3.63, 3.8) is 0 Å². The van der Waals surface area contributed by atoms with E-state index in [-0.39, 0.29) is 29.9 Å². The van der Waals surface area contributed by atoms with Crippen LogP contribution in [-0.4, -0.2) is 52.4 Å². The van der Waals surface area contributed by atoms with Crippen LogP contribution in [0.1, 0.15) is 38.5 Å². The van der Waals surface area contributed by atoms with Crippen molar-refractivity contribution in [1.82, 2.24) is 10.6 Å². The Hall–Kier alpha value is -0.570. The zero-order chi connectivity index (χ0) is 15.3. The molecule has 2 N–H and O–H groups in total. The highest BCUT2D eigenvalue weighted by atomic mass is 127. The molecule has 7 heteroatoms. The van der Waals surface area contributed by atoms with E-state index < -0.39 is 0 Å². The molecule has 1 rings (SSSR count). The van der Waals surface area contributed by atoms with Gasteiger partial charge in [0, 0.05) is 39.8 Å². The van der Waals surface area contributed by atoms with Gasteiger partial charge in [-0.1, -0.05) is 0 Å². The lowest BCUT2D eigenvalue weighted by atomic mass is 10.2. The van der Waals surface area contributed by atoms with Gasteiger partial charge in [0.05, 0.1) is 7.11 Å². The second-order valence-electron chi connectivity index (χ2n) is 5.33. The van der Waals surface area contributed by atoms with Gasteiger partial charge >= 0.3 is 5.97 Å². The molecule has 1 fully saturated rings. The largest absolute Gasteiger partial charge is 0.469 e. The molecule has 0 spiro atoms. The zero-order valence-electron chi connectivity index (χ0n) is 13.7. The lowest BCUT2D eigenvalue weighted by Gasteiger charge is -2.11. The number of unbranched alkanes of at least 4 members (excludes halogenated alkanes) is 1. The van der Waals surface area contributed by atoms with Gasteiger partial charge in [-0.05, 0) is 38.0 Å². The predicted molar refractivity (Wildman–Crippen MR) is 98.8 cm³/mol. The second-order valence-corrected chi connectivity index (χ2v) is 5.33. The minimum absolute atomic E-state index is 0. The van der Waals surface area contributed by atoms with Crippen LogP contribution in [0.4, 0.5) is 0 Å². The third kappa shape index (κ3) is 12.0. The lowest BCUT2D eigenvalue weighted by Crippen LogP contribution is -2.38. The number of guanidine groups is 1. The van der Waals surface area contributed by atoms with Gasteiger partial charge in [-0.2, -0.15) is 0 Å². The first kappa shape index (κ1) is 21.4. The maximum absolute atomic E-state index is 10.9. The summed E-state index contributed by atoms with van der Waals surface area (Å²) in [6.45, 7) is 3.38. The molecule has 1 aliphatic carbocycles. The number of rotatable bonds is 11. The number of aliphatic imine (C=N–C) groups is 1. The molecule has 22 heavy (non-hydrogen) atoms. The summed E-state index contributed by atoms with van der Waals surface area (Å²) in [6, 6.07) is 0. The van der Waals surface area contributed by atoms with Gasteiger partial charge < -0.3 is 20.1 Å². The minimum atomic E-state index is -0.149. The van der Waals surface area contributed by atoms with Crippen molar-refractivity contribution in [2.24, 2.45) is 10.9 Å². The van der Waals surface area contributed by atoms with Crippen molar-refractivity contribution in [1.29, 1.82) is 0 Å². The van der Waals surface area contributed by atoms with Crippen LogP contribution in [0.15, 0.2) is 4.99 Å². The molecule has 1 aliphatic rings. The zero-order valence-corrected chi connectivity index (χ0v) is 16.1. The van der Waals surface area contributed by atoms with Gasteiger partial charge in [-0.25, -0.2) is 0 Å². The first-order chi connectivity index (χ1) is 10.3. The number of nitrogens with one attached hydrogen (secondary N) is 2. The molecule has 0 aromatic heterocycles. The van der Waals surface area contributed by atoms with Gasteiger partial charge in [0.15, 0.2) is 5.96 Å². The second kappa shape index (κ2) is 14.0. The Balaban J connectivity index is 0.00000441. The van der Waals surface area contributed by atoms with Crippen LogP contribution in [0, 0.1) is 5.92 Å². The molecular weight excluding hydrogens is 397 g/mol. The van der Waals surface area contributed by atoms with E-state index in [2.05, 4.69) is 20.4 Å². The summed E-state index contributed by atoms with van der Waals surface area (Å²) < 4.78 is 10.2. The molecule has 0 atom stereocenters. The number of carbonyl (C=O) groups is 1. The molecule has 0 aliphatic heterocycles. The lowest BCUT2D eigenvalue weighted by molar-refractivity contribution is -0.140. The summed E-state index contributed by atoms with van der Waals surface area (Å²) >= 11 is 0. The Morgan fingerprint density at radius 1 is 1.18 bits per heavy atom. The Kier molecular flexibility index (Phi) is 13.7. The van der Waals surface area contributed by atoms with Crippen molar-refractivity contribution in [3.05, 3.63) is 0 Å². The summed E-state index contributed by atoms with van der Waals surface area (Å²) in [5.41, 5.74) is 0. The Morgan fingerprint density at radius 3 is 2.45 bits per heavy atom. The highest BCUT2D eigenvalue weighted by Crippen LogP contribution is 2.28. The van der Waals surface area contributed by atoms with Crippen LogP contribution in [-0.2, 0) is 14.3 Å². The molecule has 0 bridgehead atoms. The average molecular weight is 427 g/mol. The van der Waals surface area contributed by atoms with Crippen LogP contribution in [0.5, 0.6) is 0 Å². The molecule has 130 valence electrons. The van der Waals surface area contributed by atoms with Crippen LogP contribution >= 0.6 is 24.0 Å². The number of esters is 1. The van der Waals surface area contributed by atoms with Gasteiger partial charge in [0.1, 0.15) is 0 Å². The molecule has 0 aromatic carbocycles. The third-order valence-electron chi connectivity index (χ3n) is 3.36. The van der Waals surface area contributed by atoms with Crippen molar-refractivity contribution in [2.45, 2.75) is 38.5 Å². The predicted octanol–water partition coefficient (Wildman–Crippen LogP) is 1.93. The normalized spacial score (nSPS) is 14.2. The van der Waals surface area contributed by atoms with E-state index in [1.165, 1.54) is 20.0 Å². The highest BCUT2D eigenvalue weighted by molar-refractivity contribution is 14.0.